The fourth-order valence-electron chi connectivity index (χ4n) is 3.58. The van der Waals surface area contributed by atoms with Crippen LogP contribution in [0, 0.1) is 11.8 Å². The van der Waals surface area contributed by atoms with Gasteiger partial charge in [-0.05, 0) is 37.0 Å². The van der Waals surface area contributed by atoms with E-state index in [0.717, 1.165) is 56.2 Å². The first kappa shape index (κ1) is 21.9. The maximum Gasteiger partial charge on any atom is 0.227 e. The first-order valence-electron chi connectivity index (χ1n) is 9.54. The number of nitrogens with one attached hydrogen (secondary N) is 2. The molecule has 0 radical (unpaired) electrons. The second-order valence-corrected chi connectivity index (χ2v) is 7.27. The Morgan fingerprint density at radius 2 is 2.15 bits per heavy atom. The van der Waals surface area contributed by atoms with Crippen molar-refractivity contribution in [2.75, 3.05) is 39.2 Å². The summed E-state index contributed by atoms with van der Waals surface area (Å²) in [4.78, 5) is 18.8. The van der Waals surface area contributed by atoms with Crippen molar-refractivity contribution < 1.29 is 9.53 Å². The summed E-state index contributed by atoms with van der Waals surface area (Å²) in [5, 5.41) is 6.48. The fraction of sp³-hybridized carbons (Fsp3) is 0.600. The molecule has 0 spiro atoms. The van der Waals surface area contributed by atoms with Crippen molar-refractivity contribution in [3.63, 3.8) is 0 Å². The van der Waals surface area contributed by atoms with E-state index in [1.165, 1.54) is 6.42 Å². The lowest BCUT2D eigenvalue weighted by Crippen LogP contribution is -2.39. The first-order chi connectivity index (χ1) is 12.7. The number of amides is 1. The molecule has 1 aromatic rings. The lowest BCUT2D eigenvalue weighted by molar-refractivity contribution is -0.122. The third kappa shape index (κ3) is 6.07. The minimum Gasteiger partial charge on any atom is -0.384 e. The molecule has 6 nitrogen and oxygen atoms in total. The zero-order chi connectivity index (χ0) is 18.4. The summed E-state index contributed by atoms with van der Waals surface area (Å²) < 4.78 is 5.27. The molecular weight excluding hydrogens is 455 g/mol. The van der Waals surface area contributed by atoms with Gasteiger partial charge in [-0.2, -0.15) is 0 Å². The number of carbonyl (C=O) groups excluding carboxylic acids is 1. The van der Waals surface area contributed by atoms with Crippen molar-refractivity contribution in [1.82, 2.24) is 10.2 Å². The Morgan fingerprint density at radius 3 is 2.81 bits per heavy atom. The summed E-state index contributed by atoms with van der Waals surface area (Å²) in [6.45, 7) is 3.47. The number of aliphatic imine (C=N–C) groups is 1. The lowest BCUT2D eigenvalue weighted by Gasteiger charge is -2.24. The van der Waals surface area contributed by atoms with E-state index in [4.69, 9.17) is 4.74 Å². The van der Waals surface area contributed by atoms with E-state index in [-0.39, 0.29) is 35.8 Å². The van der Waals surface area contributed by atoms with Crippen LogP contribution in [0.15, 0.2) is 29.3 Å². The number of methoxy groups -OCH3 is 1. The summed E-state index contributed by atoms with van der Waals surface area (Å²) in [5.41, 5.74) is 2.00. The van der Waals surface area contributed by atoms with Crippen molar-refractivity contribution in [3.05, 3.63) is 29.8 Å². The van der Waals surface area contributed by atoms with E-state index < -0.39 is 0 Å². The predicted octanol–water partition coefficient (Wildman–Crippen LogP) is 3.09. The van der Waals surface area contributed by atoms with Crippen molar-refractivity contribution in [2.45, 2.75) is 32.2 Å². The first-order valence-corrected chi connectivity index (χ1v) is 9.54. The Bertz CT molecular complexity index is 649. The number of hydrogen-bond donors (Lipinski definition) is 2. The van der Waals surface area contributed by atoms with Crippen LogP contribution in [0.5, 0.6) is 0 Å². The Kier molecular flexibility index (Phi) is 8.82. The smallest absolute Gasteiger partial charge is 0.227 e. The topological polar surface area (TPSA) is 66.0 Å². The van der Waals surface area contributed by atoms with Gasteiger partial charge in [0.15, 0.2) is 5.96 Å². The van der Waals surface area contributed by atoms with Crippen LogP contribution in [-0.4, -0.2) is 50.6 Å². The summed E-state index contributed by atoms with van der Waals surface area (Å²) in [6, 6.07) is 8.04. The zero-order valence-electron chi connectivity index (χ0n) is 16.2. The van der Waals surface area contributed by atoms with Crippen LogP contribution in [0.2, 0.25) is 0 Å². The normalized spacial score (nSPS) is 20.0. The number of carbonyl (C=O) groups is 1. The number of benzene rings is 1. The Labute approximate surface area is 179 Å². The van der Waals surface area contributed by atoms with Gasteiger partial charge in [-0.3, -0.25) is 9.79 Å². The second-order valence-electron chi connectivity index (χ2n) is 7.27. The van der Waals surface area contributed by atoms with Crippen LogP contribution < -0.4 is 10.6 Å². The van der Waals surface area contributed by atoms with Gasteiger partial charge in [-0.1, -0.05) is 18.6 Å². The van der Waals surface area contributed by atoms with E-state index in [0.29, 0.717) is 12.5 Å². The van der Waals surface area contributed by atoms with Gasteiger partial charge in [0.25, 0.3) is 0 Å². The molecule has 1 aliphatic carbocycles. The SMILES string of the molecule is CN=C(NCc1cccc(NC(=O)C2CCC2)c1)N1CCC(COC)C1.I. The number of likely N-dealkylation sites (tertiary alicyclic amines) is 1. The minimum atomic E-state index is 0. The molecule has 1 heterocycles. The molecule has 1 saturated heterocycles. The van der Waals surface area contributed by atoms with E-state index in [9.17, 15) is 4.79 Å². The molecule has 2 aliphatic rings. The average molecular weight is 486 g/mol. The molecule has 7 heteroatoms. The van der Waals surface area contributed by atoms with Gasteiger partial charge in [0.2, 0.25) is 5.91 Å². The highest BCUT2D eigenvalue weighted by Gasteiger charge is 2.26. The van der Waals surface area contributed by atoms with Gasteiger partial charge in [0.05, 0.1) is 6.61 Å². The van der Waals surface area contributed by atoms with E-state index >= 15 is 0 Å². The van der Waals surface area contributed by atoms with Crippen molar-refractivity contribution in [1.29, 1.82) is 0 Å². The summed E-state index contributed by atoms with van der Waals surface area (Å²) in [5.74, 6) is 1.85. The Morgan fingerprint density at radius 1 is 1.33 bits per heavy atom. The maximum absolute atomic E-state index is 12.1. The number of rotatable bonds is 6. The van der Waals surface area contributed by atoms with E-state index in [2.05, 4.69) is 26.6 Å². The monoisotopic (exact) mass is 486 g/mol. The van der Waals surface area contributed by atoms with Gasteiger partial charge in [-0.25, -0.2) is 0 Å². The molecule has 27 heavy (non-hydrogen) atoms. The van der Waals surface area contributed by atoms with Crippen LogP contribution >= 0.6 is 24.0 Å². The summed E-state index contributed by atoms with van der Waals surface area (Å²) in [6.07, 6.45) is 4.34. The quantitative estimate of drug-likeness (QED) is 0.369. The van der Waals surface area contributed by atoms with E-state index in [1.807, 2.05) is 25.2 Å². The van der Waals surface area contributed by atoms with Crippen LogP contribution in [0.25, 0.3) is 0 Å². The van der Waals surface area contributed by atoms with Gasteiger partial charge in [-0.15, -0.1) is 24.0 Å². The van der Waals surface area contributed by atoms with Crippen LogP contribution in [0.1, 0.15) is 31.2 Å². The van der Waals surface area contributed by atoms with Gasteiger partial charge in [0, 0.05) is 51.3 Å². The van der Waals surface area contributed by atoms with Gasteiger partial charge < -0.3 is 20.3 Å². The molecule has 0 aromatic heterocycles. The summed E-state index contributed by atoms with van der Waals surface area (Å²) in [7, 11) is 3.58. The number of halogens is 1. The van der Waals surface area contributed by atoms with Crippen molar-refractivity contribution >= 4 is 41.5 Å². The molecule has 150 valence electrons. The maximum atomic E-state index is 12.1. The van der Waals surface area contributed by atoms with Crippen molar-refractivity contribution in [2.24, 2.45) is 16.8 Å². The third-order valence-corrected chi connectivity index (χ3v) is 5.32. The molecule has 1 aliphatic heterocycles. The highest BCUT2D eigenvalue weighted by molar-refractivity contribution is 14.0. The Hall–Kier alpha value is -1.35. The molecule has 0 bridgehead atoms. The molecule has 2 N–H and O–H groups in total. The van der Waals surface area contributed by atoms with Gasteiger partial charge >= 0.3 is 0 Å². The van der Waals surface area contributed by atoms with Crippen LogP contribution in [-0.2, 0) is 16.1 Å². The molecular formula is C20H31IN4O2. The Balaban J connectivity index is 0.00000261. The standard InChI is InChI=1S/C20H30N4O2.HI/c1-21-20(24-10-9-16(13-24)14-26-2)22-12-15-5-3-8-18(11-15)23-19(25)17-6-4-7-17;/h3,5,8,11,16-17H,4,6-7,9-10,12-14H2,1-2H3,(H,21,22)(H,23,25);1H. The number of ether oxygens (including phenoxy) is 1. The highest BCUT2D eigenvalue weighted by Crippen LogP contribution is 2.27. The number of hydrogen-bond acceptors (Lipinski definition) is 3. The largest absolute Gasteiger partial charge is 0.384 e. The third-order valence-electron chi connectivity index (χ3n) is 5.32. The van der Waals surface area contributed by atoms with Crippen LogP contribution in [0.4, 0.5) is 5.69 Å². The zero-order valence-corrected chi connectivity index (χ0v) is 18.6. The predicted molar refractivity (Wildman–Crippen MR) is 120 cm³/mol. The molecule has 1 atom stereocenters. The molecule has 1 amide bonds. The molecule has 1 saturated carbocycles. The molecule has 1 aromatic carbocycles. The molecule has 1 unspecified atom stereocenters. The van der Waals surface area contributed by atoms with Crippen molar-refractivity contribution in [3.8, 4) is 0 Å². The number of anilines is 1. The highest BCUT2D eigenvalue weighted by atomic mass is 127. The number of nitrogens with zero attached hydrogens (tertiary/aromatic N) is 2. The second kappa shape index (κ2) is 10.8. The number of guanidine groups is 1. The summed E-state index contributed by atoms with van der Waals surface area (Å²) >= 11 is 0. The average Bonchev–Trinajstić information content (AvgIpc) is 3.03. The molecule has 3 rings (SSSR count). The lowest BCUT2D eigenvalue weighted by atomic mass is 9.85. The minimum absolute atomic E-state index is 0. The molecule has 2 fully saturated rings. The van der Waals surface area contributed by atoms with Gasteiger partial charge in [0.1, 0.15) is 0 Å². The fourth-order valence-corrected chi connectivity index (χ4v) is 3.58. The van der Waals surface area contributed by atoms with Crippen LogP contribution in [0.3, 0.4) is 0 Å². The van der Waals surface area contributed by atoms with E-state index in [1.54, 1.807) is 7.11 Å².